The number of nitrogens with zero attached hydrogens (tertiary/aromatic N) is 3. The van der Waals surface area contributed by atoms with Gasteiger partial charge < -0.3 is 13.8 Å². The van der Waals surface area contributed by atoms with Crippen LogP contribution in [-0.4, -0.2) is 60.7 Å². The van der Waals surface area contributed by atoms with Gasteiger partial charge in [0.25, 0.3) is 0 Å². The van der Waals surface area contributed by atoms with Crippen LogP contribution < -0.4 is 9.08 Å². The minimum Gasteiger partial charge on any atom is -0.444 e. The molecule has 1 aliphatic heterocycles. The quantitative estimate of drug-likeness (QED) is 0.469. The van der Waals surface area contributed by atoms with Crippen molar-refractivity contribution in [1.82, 2.24) is 9.88 Å². The summed E-state index contributed by atoms with van der Waals surface area (Å²) in [5.74, 6) is -0.463. The van der Waals surface area contributed by atoms with Gasteiger partial charge in [-0.25, -0.2) is 4.79 Å². The van der Waals surface area contributed by atoms with E-state index in [9.17, 15) is 26.4 Å². The molecule has 0 bridgehead atoms. The van der Waals surface area contributed by atoms with Gasteiger partial charge in [-0.15, -0.1) is 0 Å². The number of carbonyl (C=O) groups excluding carboxylic acids is 1. The van der Waals surface area contributed by atoms with Gasteiger partial charge in [0.2, 0.25) is 0 Å². The molecule has 33 heavy (non-hydrogen) atoms. The fourth-order valence-corrected chi connectivity index (χ4v) is 4.16. The number of hydrogen-bond acceptors (Lipinski definition) is 7. The van der Waals surface area contributed by atoms with E-state index in [1.54, 1.807) is 37.9 Å². The molecule has 2 atom stereocenters. The maximum absolute atomic E-state index is 12.6. The maximum Gasteiger partial charge on any atom is 0.534 e. The topological polar surface area (TPSA) is 89.0 Å². The molecule has 0 spiro atoms. The Morgan fingerprint density at radius 2 is 1.70 bits per heavy atom. The minimum absolute atomic E-state index is 0.175. The molecule has 8 nitrogen and oxygen atoms in total. The summed E-state index contributed by atoms with van der Waals surface area (Å²) >= 11 is 0. The van der Waals surface area contributed by atoms with Crippen LogP contribution in [-0.2, 0) is 14.9 Å². The molecule has 1 aromatic carbocycles. The second-order valence-electron chi connectivity index (χ2n) is 9.02. The van der Waals surface area contributed by atoms with Crippen LogP contribution in [0.1, 0.15) is 34.6 Å². The lowest BCUT2D eigenvalue weighted by Crippen LogP contribution is -2.59. The van der Waals surface area contributed by atoms with Crippen LogP contribution in [0.25, 0.3) is 10.9 Å². The normalized spacial score (nSPS) is 20.1. The van der Waals surface area contributed by atoms with Crippen molar-refractivity contribution in [3.05, 3.63) is 30.5 Å². The number of halogens is 3. The smallest absolute Gasteiger partial charge is 0.444 e. The van der Waals surface area contributed by atoms with E-state index in [2.05, 4.69) is 9.17 Å². The maximum atomic E-state index is 12.6. The molecular weight excluding hydrogens is 463 g/mol. The number of alkyl halides is 3. The van der Waals surface area contributed by atoms with Gasteiger partial charge in [-0.05, 0) is 58.9 Å². The molecule has 2 heterocycles. The lowest BCUT2D eigenvalue weighted by atomic mass is 10.1. The van der Waals surface area contributed by atoms with Crippen molar-refractivity contribution in [3.63, 3.8) is 0 Å². The molecule has 1 aromatic heterocycles. The highest BCUT2D eigenvalue weighted by Crippen LogP contribution is 2.31. The number of hydrogen-bond donors (Lipinski definition) is 0. The van der Waals surface area contributed by atoms with Crippen LogP contribution >= 0.6 is 0 Å². The average Bonchev–Trinajstić information content (AvgIpc) is 2.64. The van der Waals surface area contributed by atoms with E-state index in [-0.39, 0.29) is 12.1 Å². The zero-order valence-corrected chi connectivity index (χ0v) is 19.7. The third kappa shape index (κ3) is 5.60. The van der Waals surface area contributed by atoms with Gasteiger partial charge in [0.1, 0.15) is 11.4 Å². The highest BCUT2D eigenvalue weighted by Gasteiger charge is 2.48. The predicted molar refractivity (Wildman–Crippen MR) is 117 cm³/mol. The Kier molecular flexibility index (Phi) is 6.44. The summed E-state index contributed by atoms with van der Waals surface area (Å²) in [6.07, 6.45) is 1.23. The predicted octanol–water partition coefficient (Wildman–Crippen LogP) is 4.30. The van der Waals surface area contributed by atoms with Crippen molar-refractivity contribution in [3.8, 4) is 5.75 Å². The number of ether oxygens (including phenoxy) is 1. The molecular formula is C21H26F3N3O5S. The molecule has 1 fully saturated rings. The Labute approximate surface area is 190 Å². The third-order valence-corrected chi connectivity index (χ3v) is 5.99. The van der Waals surface area contributed by atoms with Gasteiger partial charge in [0, 0.05) is 18.5 Å². The van der Waals surface area contributed by atoms with Gasteiger partial charge in [-0.3, -0.25) is 9.88 Å². The van der Waals surface area contributed by atoms with E-state index < -0.39 is 33.1 Å². The average molecular weight is 490 g/mol. The third-order valence-electron chi connectivity index (χ3n) is 5.02. The zero-order valence-electron chi connectivity index (χ0n) is 18.9. The van der Waals surface area contributed by atoms with E-state index >= 15 is 0 Å². The number of amides is 1. The summed E-state index contributed by atoms with van der Waals surface area (Å²) in [7, 11) is -5.77. The summed E-state index contributed by atoms with van der Waals surface area (Å²) in [6.45, 7) is 10.2. The van der Waals surface area contributed by atoms with Gasteiger partial charge in [-0.2, -0.15) is 21.6 Å². The Bertz CT molecular complexity index is 1140. The summed E-state index contributed by atoms with van der Waals surface area (Å²) in [6, 6.07) is 5.03. The Balaban J connectivity index is 1.82. The van der Waals surface area contributed by atoms with E-state index in [0.717, 1.165) is 6.07 Å². The molecule has 1 aliphatic rings. The Hall–Kier alpha value is -2.76. The summed E-state index contributed by atoms with van der Waals surface area (Å²) in [4.78, 5) is 20.6. The van der Waals surface area contributed by atoms with E-state index in [4.69, 9.17) is 4.74 Å². The first-order valence-electron chi connectivity index (χ1n) is 10.2. The number of carbonyl (C=O) groups is 1. The fourth-order valence-electron chi connectivity index (χ4n) is 3.70. The lowest BCUT2D eigenvalue weighted by Gasteiger charge is -2.45. The van der Waals surface area contributed by atoms with Gasteiger partial charge in [0.05, 0.1) is 29.5 Å². The molecule has 0 radical (unpaired) electrons. The molecule has 2 aromatic rings. The van der Waals surface area contributed by atoms with Crippen LogP contribution in [0, 0.1) is 0 Å². The van der Waals surface area contributed by atoms with E-state index in [1.807, 2.05) is 18.7 Å². The van der Waals surface area contributed by atoms with Crippen LogP contribution in [0.5, 0.6) is 5.75 Å². The summed E-state index contributed by atoms with van der Waals surface area (Å²) in [5.41, 5.74) is -5.00. The highest BCUT2D eigenvalue weighted by atomic mass is 32.2. The molecule has 1 amide bonds. The number of anilines is 1. The van der Waals surface area contributed by atoms with Crippen molar-refractivity contribution in [2.24, 2.45) is 0 Å². The van der Waals surface area contributed by atoms with Crippen molar-refractivity contribution >= 4 is 32.8 Å². The van der Waals surface area contributed by atoms with Gasteiger partial charge >= 0.3 is 21.7 Å². The summed E-state index contributed by atoms with van der Waals surface area (Å²) in [5, 5.41) is 0.414. The monoisotopic (exact) mass is 489 g/mol. The van der Waals surface area contributed by atoms with E-state index in [0.29, 0.717) is 29.7 Å². The first-order chi connectivity index (χ1) is 15.1. The number of piperazine rings is 1. The largest absolute Gasteiger partial charge is 0.534 e. The molecule has 3 rings (SSSR count). The second kappa shape index (κ2) is 8.54. The molecule has 0 aliphatic carbocycles. The Morgan fingerprint density at radius 3 is 2.24 bits per heavy atom. The lowest BCUT2D eigenvalue weighted by molar-refractivity contribution is -0.0500. The number of benzene rings is 1. The van der Waals surface area contributed by atoms with Crippen LogP contribution in [0.2, 0.25) is 0 Å². The summed E-state index contributed by atoms with van der Waals surface area (Å²) < 4.78 is 70.2. The highest BCUT2D eigenvalue weighted by molar-refractivity contribution is 7.88. The van der Waals surface area contributed by atoms with Crippen molar-refractivity contribution in [2.75, 3.05) is 18.0 Å². The Morgan fingerprint density at radius 1 is 1.09 bits per heavy atom. The second-order valence-corrected chi connectivity index (χ2v) is 10.6. The number of rotatable bonds is 3. The van der Waals surface area contributed by atoms with E-state index in [1.165, 1.54) is 12.1 Å². The molecule has 0 unspecified atom stereocenters. The van der Waals surface area contributed by atoms with Crippen LogP contribution in [0.4, 0.5) is 23.7 Å². The fraction of sp³-hybridized carbons (Fsp3) is 0.524. The molecule has 0 saturated carbocycles. The standard InChI is InChI=1S/C21H26F3N3O5S/c1-13-11-26(12-14(2)27(13)19(28)31-20(3,4)5)16-8-15-9-17(6-7-18(15)25-10-16)32-33(29,30)21(22,23)24/h6-10,13-14H,11-12H2,1-5H3/t13-,14+. The first kappa shape index (κ1) is 24.9. The minimum atomic E-state index is -5.77. The first-order valence-corrected chi connectivity index (χ1v) is 11.6. The molecule has 1 saturated heterocycles. The number of pyridine rings is 1. The molecule has 12 heteroatoms. The molecule has 0 N–H and O–H groups in total. The van der Waals surface area contributed by atoms with Crippen molar-refractivity contribution < 1.29 is 35.3 Å². The van der Waals surface area contributed by atoms with Crippen molar-refractivity contribution in [1.29, 1.82) is 0 Å². The van der Waals surface area contributed by atoms with Gasteiger partial charge in [0.15, 0.2) is 0 Å². The van der Waals surface area contributed by atoms with Crippen LogP contribution in [0.15, 0.2) is 30.5 Å². The van der Waals surface area contributed by atoms with Crippen molar-refractivity contribution in [2.45, 2.75) is 57.8 Å². The van der Waals surface area contributed by atoms with Crippen LogP contribution in [0.3, 0.4) is 0 Å². The van der Waals surface area contributed by atoms with Gasteiger partial charge in [-0.1, -0.05) is 0 Å². The molecule has 182 valence electrons. The number of aromatic nitrogens is 1. The zero-order chi connectivity index (χ0) is 24.8. The number of fused-ring (bicyclic) bond motifs is 1. The SMILES string of the molecule is C[C@@H]1CN(c2cnc3ccc(OS(=O)(=O)C(F)(F)F)cc3c2)C[C@H](C)N1C(=O)OC(C)(C)C.